The Labute approximate surface area is 86.5 Å². The predicted octanol–water partition coefficient (Wildman–Crippen LogP) is 2.54. The zero-order valence-corrected chi connectivity index (χ0v) is 9.30. The van der Waals surface area contributed by atoms with Gasteiger partial charge in [0.05, 0.1) is 0 Å². The fourth-order valence-electron chi connectivity index (χ4n) is 2.60. The van der Waals surface area contributed by atoms with Crippen LogP contribution in [-0.4, -0.2) is 11.6 Å². The minimum atomic E-state index is 0.276. The van der Waals surface area contributed by atoms with E-state index in [0.29, 0.717) is 6.04 Å². The van der Waals surface area contributed by atoms with Gasteiger partial charge in [-0.25, -0.2) is 0 Å². The number of nitrogens with one attached hydrogen (secondary N) is 1. The minimum absolute atomic E-state index is 0.276. The summed E-state index contributed by atoms with van der Waals surface area (Å²) in [7, 11) is 0. The van der Waals surface area contributed by atoms with Crippen molar-refractivity contribution in [3.63, 3.8) is 0 Å². The Hall–Kier alpha value is -0.820. The van der Waals surface area contributed by atoms with Crippen LogP contribution in [0.25, 0.3) is 0 Å². The third kappa shape index (κ3) is 1.83. The van der Waals surface area contributed by atoms with Crippen molar-refractivity contribution in [1.82, 2.24) is 5.32 Å². The van der Waals surface area contributed by atoms with E-state index in [0.717, 1.165) is 0 Å². The lowest BCUT2D eigenvalue weighted by Crippen LogP contribution is -2.46. The maximum Gasteiger partial charge on any atom is 0.0236 e. The molecule has 1 aromatic rings. The van der Waals surface area contributed by atoms with Crippen molar-refractivity contribution in [3.8, 4) is 0 Å². The summed E-state index contributed by atoms with van der Waals surface area (Å²) in [4.78, 5) is 0. The SMILES string of the molecule is CC(C)NC1(C)Cc2ccccc2C1. The molecule has 0 aliphatic heterocycles. The molecule has 2 rings (SSSR count). The highest BCUT2D eigenvalue weighted by molar-refractivity contribution is 5.35. The molecular weight excluding hydrogens is 170 g/mol. The second kappa shape index (κ2) is 3.39. The van der Waals surface area contributed by atoms with E-state index in [9.17, 15) is 0 Å². The molecule has 1 aliphatic rings. The molecule has 1 aromatic carbocycles. The molecule has 0 saturated carbocycles. The normalized spacial score (nSPS) is 18.6. The topological polar surface area (TPSA) is 12.0 Å². The average Bonchev–Trinajstić information content (AvgIpc) is 2.38. The van der Waals surface area contributed by atoms with E-state index in [1.54, 1.807) is 0 Å². The van der Waals surface area contributed by atoms with E-state index in [1.807, 2.05) is 0 Å². The molecule has 0 amide bonds. The van der Waals surface area contributed by atoms with Gasteiger partial charge in [-0.05, 0) is 30.9 Å². The summed E-state index contributed by atoms with van der Waals surface area (Å²) in [5.74, 6) is 0. The molecule has 1 heteroatoms. The number of hydrogen-bond acceptors (Lipinski definition) is 1. The molecule has 1 nitrogen and oxygen atoms in total. The van der Waals surface area contributed by atoms with Gasteiger partial charge in [-0.15, -0.1) is 0 Å². The first-order chi connectivity index (χ1) is 6.59. The number of fused-ring (bicyclic) bond motifs is 1. The lowest BCUT2D eigenvalue weighted by Gasteiger charge is -2.28. The first-order valence-electron chi connectivity index (χ1n) is 5.43. The third-order valence-corrected chi connectivity index (χ3v) is 2.92. The Balaban J connectivity index is 2.17. The molecular formula is C13H19N. The van der Waals surface area contributed by atoms with Crippen LogP contribution in [0.1, 0.15) is 31.9 Å². The molecule has 0 atom stereocenters. The average molecular weight is 189 g/mol. The van der Waals surface area contributed by atoms with Gasteiger partial charge in [-0.2, -0.15) is 0 Å². The quantitative estimate of drug-likeness (QED) is 0.754. The summed E-state index contributed by atoms with van der Waals surface area (Å²) in [6.45, 7) is 6.76. The third-order valence-electron chi connectivity index (χ3n) is 2.92. The molecule has 1 N–H and O–H groups in total. The van der Waals surface area contributed by atoms with Gasteiger partial charge in [0.25, 0.3) is 0 Å². The molecule has 0 spiro atoms. The molecule has 0 aromatic heterocycles. The monoisotopic (exact) mass is 189 g/mol. The maximum absolute atomic E-state index is 3.66. The van der Waals surface area contributed by atoms with Crippen LogP contribution in [0.5, 0.6) is 0 Å². The van der Waals surface area contributed by atoms with Crippen molar-refractivity contribution >= 4 is 0 Å². The summed E-state index contributed by atoms with van der Waals surface area (Å²) in [5.41, 5.74) is 3.31. The predicted molar refractivity (Wildman–Crippen MR) is 60.5 cm³/mol. The van der Waals surface area contributed by atoms with Crippen LogP contribution in [0.4, 0.5) is 0 Å². The van der Waals surface area contributed by atoms with E-state index in [-0.39, 0.29) is 5.54 Å². The van der Waals surface area contributed by atoms with Gasteiger partial charge in [0.15, 0.2) is 0 Å². The zero-order chi connectivity index (χ0) is 10.2. The Kier molecular flexibility index (Phi) is 2.36. The fraction of sp³-hybridized carbons (Fsp3) is 0.538. The van der Waals surface area contributed by atoms with Gasteiger partial charge in [0, 0.05) is 11.6 Å². The molecule has 1 aliphatic carbocycles. The van der Waals surface area contributed by atoms with Gasteiger partial charge in [0.1, 0.15) is 0 Å². The first-order valence-corrected chi connectivity index (χ1v) is 5.43. The van der Waals surface area contributed by atoms with Crippen LogP contribution in [-0.2, 0) is 12.8 Å². The summed E-state index contributed by atoms with van der Waals surface area (Å²) < 4.78 is 0. The van der Waals surface area contributed by atoms with Crippen molar-refractivity contribution in [2.24, 2.45) is 0 Å². The van der Waals surface area contributed by atoms with E-state index in [4.69, 9.17) is 0 Å². The van der Waals surface area contributed by atoms with Crippen LogP contribution in [0.2, 0.25) is 0 Å². The molecule has 0 saturated heterocycles. The van der Waals surface area contributed by atoms with E-state index in [2.05, 4.69) is 50.4 Å². The molecule has 0 fully saturated rings. The van der Waals surface area contributed by atoms with Gasteiger partial charge < -0.3 is 5.32 Å². The van der Waals surface area contributed by atoms with Gasteiger partial charge >= 0.3 is 0 Å². The Morgan fingerprint density at radius 1 is 1.14 bits per heavy atom. The first kappa shape index (κ1) is 9.72. The Morgan fingerprint density at radius 3 is 2.07 bits per heavy atom. The summed E-state index contributed by atoms with van der Waals surface area (Å²) >= 11 is 0. The largest absolute Gasteiger partial charge is 0.309 e. The van der Waals surface area contributed by atoms with Crippen molar-refractivity contribution in [2.75, 3.05) is 0 Å². The lowest BCUT2D eigenvalue weighted by atomic mass is 9.97. The van der Waals surface area contributed by atoms with Crippen molar-refractivity contribution < 1.29 is 0 Å². The number of benzene rings is 1. The van der Waals surface area contributed by atoms with Crippen LogP contribution in [0, 0.1) is 0 Å². The summed E-state index contributed by atoms with van der Waals surface area (Å²) in [5, 5.41) is 3.66. The second-order valence-electron chi connectivity index (χ2n) is 4.98. The number of hydrogen-bond donors (Lipinski definition) is 1. The highest BCUT2D eigenvalue weighted by Crippen LogP contribution is 2.29. The van der Waals surface area contributed by atoms with Crippen molar-refractivity contribution in [3.05, 3.63) is 35.4 Å². The number of rotatable bonds is 2. The van der Waals surface area contributed by atoms with Gasteiger partial charge in [-0.3, -0.25) is 0 Å². The maximum atomic E-state index is 3.66. The van der Waals surface area contributed by atoms with Gasteiger partial charge in [0.2, 0.25) is 0 Å². The van der Waals surface area contributed by atoms with Crippen LogP contribution in [0.3, 0.4) is 0 Å². The van der Waals surface area contributed by atoms with Crippen molar-refractivity contribution in [2.45, 2.75) is 45.2 Å². The van der Waals surface area contributed by atoms with Crippen molar-refractivity contribution in [1.29, 1.82) is 0 Å². The van der Waals surface area contributed by atoms with Crippen LogP contribution < -0.4 is 5.32 Å². The van der Waals surface area contributed by atoms with Crippen LogP contribution in [0.15, 0.2) is 24.3 Å². The van der Waals surface area contributed by atoms with E-state index >= 15 is 0 Å². The lowest BCUT2D eigenvalue weighted by molar-refractivity contribution is 0.341. The summed E-state index contributed by atoms with van der Waals surface area (Å²) in [6.07, 6.45) is 2.34. The Morgan fingerprint density at radius 2 is 1.64 bits per heavy atom. The highest BCUT2D eigenvalue weighted by Gasteiger charge is 2.32. The molecule has 0 heterocycles. The molecule has 76 valence electrons. The summed E-state index contributed by atoms with van der Waals surface area (Å²) in [6, 6.07) is 9.35. The standard InChI is InChI=1S/C13H19N/c1-10(2)14-13(3)8-11-6-4-5-7-12(11)9-13/h4-7,10,14H,8-9H2,1-3H3. The molecule has 0 radical (unpaired) electrons. The van der Waals surface area contributed by atoms with E-state index in [1.165, 1.54) is 24.0 Å². The molecule has 0 bridgehead atoms. The molecule has 0 unspecified atom stereocenters. The smallest absolute Gasteiger partial charge is 0.0236 e. The zero-order valence-electron chi connectivity index (χ0n) is 9.30. The Bertz CT molecular complexity index is 303. The van der Waals surface area contributed by atoms with E-state index < -0.39 is 0 Å². The van der Waals surface area contributed by atoms with Crippen LogP contribution >= 0.6 is 0 Å². The minimum Gasteiger partial charge on any atom is -0.309 e. The molecule has 14 heavy (non-hydrogen) atoms. The van der Waals surface area contributed by atoms with Gasteiger partial charge in [-0.1, -0.05) is 38.1 Å². The fourth-order valence-corrected chi connectivity index (χ4v) is 2.60. The highest BCUT2D eigenvalue weighted by atomic mass is 15.0. The second-order valence-corrected chi connectivity index (χ2v) is 4.98.